The van der Waals surface area contributed by atoms with Crippen molar-refractivity contribution in [1.82, 2.24) is 9.97 Å². The van der Waals surface area contributed by atoms with Gasteiger partial charge in [0.05, 0.1) is 17.3 Å². The van der Waals surface area contributed by atoms with Crippen molar-refractivity contribution >= 4 is 35.0 Å². The smallest absolute Gasteiger partial charge is 0.290 e. The standard InChI is InChI=1S/C22H25N3OS.CH2O2/c1-15-13-21(24-20-14-17(27-2)6-7-18(15)20)25-11-8-16(9-12-25)22(26)19-5-3-4-10-23-19;2-1-3/h3-7,10,13-14,16,22,26H,8-9,11-12H2,1-2H3;1H,(H,2,3). The van der Waals surface area contributed by atoms with Crippen LogP contribution in [0.3, 0.4) is 0 Å². The maximum Gasteiger partial charge on any atom is 0.290 e. The summed E-state index contributed by atoms with van der Waals surface area (Å²) in [7, 11) is 0. The minimum Gasteiger partial charge on any atom is -0.483 e. The molecule has 3 aromatic rings. The van der Waals surface area contributed by atoms with E-state index in [2.05, 4.69) is 47.3 Å². The van der Waals surface area contributed by atoms with E-state index in [1.807, 2.05) is 18.2 Å². The van der Waals surface area contributed by atoms with E-state index >= 15 is 0 Å². The van der Waals surface area contributed by atoms with E-state index in [1.54, 1.807) is 18.0 Å². The Morgan fingerprint density at radius 3 is 2.57 bits per heavy atom. The zero-order valence-electron chi connectivity index (χ0n) is 17.2. The van der Waals surface area contributed by atoms with E-state index in [4.69, 9.17) is 14.9 Å². The summed E-state index contributed by atoms with van der Waals surface area (Å²) in [6.45, 7) is 3.73. The highest BCUT2D eigenvalue weighted by Gasteiger charge is 2.27. The van der Waals surface area contributed by atoms with E-state index < -0.39 is 6.10 Å². The number of nitrogens with zero attached hydrogens (tertiary/aromatic N) is 3. The molecule has 1 aromatic carbocycles. The summed E-state index contributed by atoms with van der Waals surface area (Å²) in [4.78, 5) is 21.2. The van der Waals surface area contributed by atoms with E-state index in [1.165, 1.54) is 15.8 Å². The van der Waals surface area contributed by atoms with Crippen LogP contribution in [0.4, 0.5) is 5.82 Å². The van der Waals surface area contributed by atoms with Crippen LogP contribution in [0.2, 0.25) is 0 Å². The molecule has 158 valence electrons. The Morgan fingerprint density at radius 1 is 1.20 bits per heavy atom. The van der Waals surface area contributed by atoms with Gasteiger partial charge in [-0.25, -0.2) is 4.98 Å². The lowest BCUT2D eigenvalue weighted by Crippen LogP contribution is -2.36. The van der Waals surface area contributed by atoms with Gasteiger partial charge in [-0.15, -0.1) is 11.8 Å². The highest BCUT2D eigenvalue weighted by atomic mass is 32.2. The number of carboxylic acid groups (broad SMARTS) is 1. The van der Waals surface area contributed by atoms with Gasteiger partial charge in [0.15, 0.2) is 0 Å². The molecule has 0 amide bonds. The maximum atomic E-state index is 10.6. The first-order valence-corrected chi connectivity index (χ1v) is 11.2. The molecule has 1 unspecified atom stereocenters. The molecule has 3 heterocycles. The predicted octanol–water partition coefficient (Wildman–Crippen LogP) is 4.31. The number of benzene rings is 1. The number of aryl methyl sites for hydroxylation is 1. The number of aromatic nitrogens is 2. The van der Waals surface area contributed by atoms with Crippen LogP contribution in [0.1, 0.15) is 30.2 Å². The molecule has 4 rings (SSSR count). The van der Waals surface area contributed by atoms with Crippen molar-refractivity contribution < 1.29 is 15.0 Å². The van der Waals surface area contributed by atoms with Gasteiger partial charge in [0.1, 0.15) is 5.82 Å². The van der Waals surface area contributed by atoms with Crippen LogP contribution in [0.15, 0.2) is 53.6 Å². The van der Waals surface area contributed by atoms with Crippen molar-refractivity contribution in [1.29, 1.82) is 0 Å². The van der Waals surface area contributed by atoms with Gasteiger partial charge in [0.25, 0.3) is 6.47 Å². The molecule has 1 atom stereocenters. The molecule has 1 fully saturated rings. The minimum atomic E-state index is -0.483. The van der Waals surface area contributed by atoms with Gasteiger partial charge in [-0.1, -0.05) is 12.1 Å². The third-order valence-electron chi connectivity index (χ3n) is 5.51. The number of rotatable bonds is 4. The molecule has 0 spiro atoms. The molecule has 30 heavy (non-hydrogen) atoms. The average molecular weight is 426 g/mol. The number of aliphatic hydroxyl groups is 1. The van der Waals surface area contributed by atoms with Crippen molar-refractivity contribution in [3.05, 3.63) is 59.9 Å². The Hall–Kier alpha value is -2.64. The number of fused-ring (bicyclic) bond motifs is 1. The third kappa shape index (κ3) is 5.09. The first kappa shape index (κ1) is 22.1. The molecule has 2 N–H and O–H groups in total. The van der Waals surface area contributed by atoms with Crippen molar-refractivity contribution in [2.45, 2.75) is 30.8 Å². The van der Waals surface area contributed by atoms with Crippen LogP contribution < -0.4 is 4.90 Å². The van der Waals surface area contributed by atoms with Crippen LogP contribution in [-0.4, -0.2) is 46.0 Å². The van der Waals surface area contributed by atoms with Crippen molar-refractivity contribution in [2.24, 2.45) is 5.92 Å². The highest BCUT2D eigenvalue weighted by Crippen LogP contribution is 2.32. The Bertz CT molecular complexity index is 976. The average Bonchev–Trinajstić information content (AvgIpc) is 2.79. The number of hydrogen-bond donors (Lipinski definition) is 2. The largest absolute Gasteiger partial charge is 0.483 e. The van der Waals surface area contributed by atoms with Gasteiger partial charge in [0.2, 0.25) is 0 Å². The predicted molar refractivity (Wildman–Crippen MR) is 121 cm³/mol. The maximum absolute atomic E-state index is 10.6. The fraction of sp³-hybridized carbons (Fsp3) is 0.348. The molecule has 2 aromatic heterocycles. The molecule has 0 aliphatic carbocycles. The van der Waals surface area contributed by atoms with Crippen molar-refractivity contribution in [3.63, 3.8) is 0 Å². The highest BCUT2D eigenvalue weighted by molar-refractivity contribution is 7.98. The molecular weight excluding hydrogens is 398 g/mol. The van der Waals surface area contributed by atoms with Crippen molar-refractivity contribution in [3.8, 4) is 0 Å². The SMILES string of the molecule is CSc1ccc2c(C)cc(N3CCC(C(O)c4ccccn4)CC3)nc2c1.O=CO. The van der Waals surface area contributed by atoms with Crippen LogP contribution in [0, 0.1) is 12.8 Å². The van der Waals surface area contributed by atoms with Gasteiger partial charge < -0.3 is 15.1 Å². The van der Waals surface area contributed by atoms with Gasteiger partial charge in [-0.2, -0.15) is 0 Å². The van der Waals surface area contributed by atoms with E-state index in [-0.39, 0.29) is 12.4 Å². The number of pyridine rings is 2. The number of carbonyl (C=O) groups is 1. The Kier molecular flexibility index (Phi) is 7.65. The fourth-order valence-electron chi connectivity index (χ4n) is 3.89. The second kappa shape index (κ2) is 10.4. The molecule has 0 radical (unpaired) electrons. The fourth-order valence-corrected chi connectivity index (χ4v) is 4.32. The molecule has 6 nitrogen and oxygen atoms in total. The lowest BCUT2D eigenvalue weighted by Gasteiger charge is -2.35. The molecule has 0 bridgehead atoms. The summed E-state index contributed by atoms with van der Waals surface area (Å²) in [6, 6.07) is 14.4. The van der Waals surface area contributed by atoms with Gasteiger partial charge in [-0.3, -0.25) is 9.78 Å². The lowest BCUT2D eigenvalue weighted by molar-refractivity contribution is -0.122. The number of piperidine rings is 1. The summed E-state index contributed by atoms with van der Waals surface area (Å²) in [5, 5.41) is 18.8. The summed E-state index contributed by atoms with van der Waals surface area (Å²) in [5.74, 6) is 1.30. The zero-order chi connectivity index (χ0) is 21.5. The number of anilines is 1. The zero-order valence-corrected chi connectivity index (χ0v) is 18.0. The van der Waals surface area contributed by atoms with Crippen LogP contribution >= 0.6 is 11.8 Å². The number of aliphatic hydroxyl groups excluding tert-OH is 1. The topological polar surface area (TPSA) is 86.5 Å². The summed E-state index contributed by atoms with van der Waals surface area (Å²) >= 11 is 1.75. The summed E-state index contributed by atoms with van der Waals surface area (Å²) < 4.78 is 0. The second-order valence-electron chi connectivity index (χ2n) is 7.31. The minimum absolute atomic E-state index is 0.250. The van der Waals surface area contributed by atoms with Gasteiger partial charge in [0, 0.05) is 29.6 Å². The van der Waals surface area contributed by atoms with Crippen molar-refractivity contribution in [2.75, 3.05) is 24.2 Å². The molecule has 1 aliphatic rings. The second-order valence-corrected chi connectivity index (χ2v) is 8.19. The molecule has 0 saturated carbocycles. The lowest BCUT2D eigenvalue weighted by atomic mass is 9.89. The van der Waals surface area contributed by atoms with Crippen LogP contribution in [-0.2, 0) is 4.79 Å². The summed E-state index contributed by atoms with van der Waals surface area (Å²) in [5.41, 5.74) is 3.10. The monoisotopic (exact) mass is 425 g/mol. The number of hydrogen-bond acceptors (Lipinski definition) is 6. The summed E-state index contributed by atoms with van der Waals surface area (Å²) in [6.07, 6.45) is 5.25. The first-order valence-electron chi connectivity index (χ1n) is 9.94. The Morgan fingerprint density at radius 2 is 1.93 bits per heavy atom. The molecular formula is C23H27N3O3S. The Labute approximate surface area is 181 Å². The van der Waals surface area contributed by atoms with E-state index in [9.17, 15) is 5.11 Å². The van der Waals surface area contributed by atoms with Crippen LogP contribution in [0.25, 0.3) is 10.9 Å². The van der Waals surface area contributed by atoms with Gasteiger partial charge >= 0.3 is 0 Å². The molecule has 7 heteroatoms. The normalized spacial score (nSPS) is 15.4. The molecule has 1 saturated heterocycles. The Balaban J connectivity index is 0.000000806. The third-order valence-corrected chi connectivity index (χ3v) is 6.24. The number of thioether (sulfide) groups is 1. The van der Waals surface area contributed by atoms with E-state index in [0.717, 1.165) is 43.0 Å². The van der Waals surface area contributed by atoms with E-state index in [0.29, 0.717) is 0 Å². The molecule has 1 aliphatic heterocycles. The van der Waals surface area contributed by atoms with Gasteiger partial charge in [-0.05, 0) is 67.8 Å². The quantitative estimate of drug-likeness (QED) is 0.476. The first-order chi connectivity index (χ1) is 14.6. The van der Waals surface area contributed by atoms with Crippen LogP contribution in [0.5, 0.6) is 0 Å².